The van der Waals surface area contributed by atoms with Gasteiger partial charge in [-0.15, -0.1) is 0 Å². The highest BCUT2D eigenvalue weighted by molar-refractivity contribution is 5.92. The third-order valence-electron chi connectivity index (χ3n) is 4.65. The summed E-state index contributed by atoms with van der Waals surface area (Å²) in [5, 5.41) is 20.0. The Labute approximate surface area is 151 Å². The lowest BCUT2D eigenvalue weighted by molar-refractivity contribution is -0.125. The molecular weight excluding hydrogens is 334 g/mol. The van der Waals surface area contributed by atoms with E-state index in [-0.39, 0.29) is 17.7 Å². The lowest BCUT2D eigenvalue weighted by atomic mass is 10.1. The van der Waals surface area contributed by atoms with Crippen molar-refractivity contribution in [2.45, 2.75) is 45.0 Å². The van der Waals surface area contributed by atoms with Gasteiger partial charge in [0.05, 0.1) is 12.1 Å². The summed E-state index contributed by atoms with van der Waals surface area (Å²) in [6, 6.07) is 4.89. The molecule has 26 heavy (non-hydrogen) atoms. The van der Waals surface area contributed by atoms with Crippen LogP contribution in [0.4, 0.5) is 0 Å². The van der Waals surface area contributed by atoms with Crippen LogP contribution in [-0.2, 0) is 17.9 Å². The highest BCUT2D eigenvalue weighted by Crippen LogP contribution is 2.26. The van der Waals surface area contributed by atoms with E-state index in [9.17, 15) is 14.7 Å². The number of nitrogens with zero attached hydrogens (tertiary/aromatic N) is 3. The predicted octanol–water partition coefficient (Wildman–Crippen LogP) is 0.484. The number of nitrogens with one attached hydrogen (secondary N) is 2. The SMILES string of the molecule is CCn1nccc1C(=O)N[C@H]1C[C@H](C(=O)NCc2cccnc2)C[C@@H]1O. The molecule has 0 bridgehead atoms. The van der Waals surface area contributed by atoms with Gasteiger partial charge in [0.1, 0.15) is 5.69 Å². The minimum atomic E-state index is -0.744. The molecule has 0 radical (unpaired) electrons. The third-order valence-corrected chi connectivity index (χ3v) is 4.65. The van der Waals surface area contributed by atoms with Gasteiger partial charge in [0, 0.05) is 37.6 Å². The number of hydrogen-bond acceptors (Lipinski definition) is 5. The number of rotatable bonds is 6. The van der Waals surface area contributed by atoms with Crippen molar-refractivity contribution >= 4 is 11.8 Å². The summed E-state index contributed by atoms with van der Waals surface area (Å²) in [4.78, 5) is 28.7. The van der Waals surface area contributed by atoms with Gasteiger partial charge in [0.15, 0.2) is 0 Å². The van der Waals surface area contributed by atoms with E-state index in [0.717, 1.165) is 5.56 Å². The van der Waals surface area contributed by atoms with Gasteiger partial charge >= 0.3 is 0 Å². The first-order valence-electron chi connectivity index (χ1n) is 8.75. The van der Waals surface area contributed by atoms with E-state index in [1.807, 2.05) is 19.1 Å². The van der Waals surface area contributed by atoms with E-state index in [1.165, 1.54) is 0 Å². The van der Waals surface area contributed by atoms with E-state index in [0.29, 0.717) is 31.6 Å². The van der Waals surface area contributed by atoms with Crippen LogP contribution in [0.25, 0.3) is 0 Å². The topological polar surface area (TPSA) is 109 Å². The molecule has 0 spiro atoms. The van der Waals surface area contributed by atoms with Crippen molar-refractivity contribution in [2.24, 2.45) is 5.92 Å². The summed E-state index contributed by atoms with van der Waals surface area (Å²) < 4.78 is 1.59. The molecule has 1 aliphatic carbocycles. The summed E-state index contributed by atoms with van der Waals surface area (Å²) >= 11 is 0. The first-order chi connectivity index (χ1) is 12.6. The van der Waals surface area contributed by atoms with Crippen molar-refractivity contribution < 1.29 is 14.7 Å². The number of carbonyl (C=O) groups excluding carboxylic acids is 2. The molecule has 3 atom stereocenters. The average molecular weight is 357 g/mol. The average Bonchev–Trinajstić information content (AvgIpc) is 3.27. The van der Waals surface area contributed by atoms with Gasteiger partial charge in [-0.05, 0) is 37.5 Å². The first-order valence-corrected chi connectivity index (χ1v) is 8.75. The van der Waals surface area contributed by atoms with E-state index in [4.69, 9.17) is 0 Å². The van der Waals surface area contributed by atoms with Gasteiger partial charge in [-0.25, -0.2) is 0 Å². The number of aliphatic hydroxyl groups excluding tert-OH is 1. The predicted molar refractivity (Wildman–Crippen MR) is 94.0 cm³/mol. The molecule has 8 nitrogen and oxygen atoms in total. The Morgan fingerprint density at radius 2 is 2.15 bits per heavy atom. The van der Waals surface area contributed by atoms with Crippen LogP contribution >= 0.6 is 0 Å². The zero-order valence-corrected chi connectivity index (χ0v) is 14.6. The summed E-state index contributed by atoms with van der Waals surface area (Å²) in [5.74, 6) is -0.740. The Balaban J connectivity index is 1.54. The Hall–Kier alpha value is -2.74. The molecule has 2 heterocycles. The lowest BCUT2D eigenvalue weighted by Gasteiger charge is -2.16. The van der Waals surface area contributed by atoms with Crippen LogP contribution in [0.1, 0.15) is 35.8 Å². The normalized spacial score (nSPS) is 22.2. The second-order valence-corrected chi connectivity index (χ2v) is 6.43. The van der Waals surface area contributed by atoms with Gasteiger partial charge in [-0.2, -0.15) is 5.10 Å². The summed E-state index contributed by atoms with van der Waals surface area (Å²) in [6.45, 7) is 2.88. The molecule has 138 valence electrons. The molecule has 1 aliphatic rings. The molecule has 2 aromatic heterocycles. The minimum absolute atomic E-state index is 0.122. The Morgan fingerprint density at radius 1 is 1.31 bits per heavy atom. The van der Waals surface area contributed by atoms with E-state index >= 15 is 0 Å². The minimum Gasteiger partial charge on any atom is -0.391 e. The quantitative estimate of drug-likeness (QED) is 0.697. The van der Waals surface area contributed by atoms with E-state index < -0.39 is 12.1 Å². The molecule has 2 aromatic rings. The number of aryl methyl sites for hydroxylation is 1. The smallest absolute Gasteiger partial charge is 0.269 e. The van der Waals surface area contributed by atoms with Gasteiger partial charge in [-0.1, -0.05) is 6.07 Å². The molecule has 0 aliphatic heterocycles. The van der Waals surface area contributed by atoms with Crippen LogP contribution in [0.3, 0.4) is 0 Å². The lowest BCUT2D eigenvalue weighted by Crippen LogP contribution is -2.40. The number of carbonyl (C=O) groups is 2. The zero-order chi connectivity index (χ0) is 18.5. The van der Waals surface area contributed by atoms with Gasteiger partial charge in [-0.3, -0.25) is 19.3 Å². The molecule has 0 aromatic carbocycles. The highest BCUT2D eigenvalue weighted by atomic mass is 16.3. The number of aromatic nitrogens is 3. The largest absolute Gasteiger partial charge is 0.391 e. The fourth-order valence-corrected chi connectivity index (χ4v) is 3.24. The molecular formula is C18H23N5O3. The Kier molecular flexibility index (Phi) is 5.62. The van der Waals surface area contributed by atoms with Crippen molar-refractivity contribution in [3.05, 3.63) is 48.0 Å². The second-order valence-electron chi connectivity index (χ2n) is 6.43. The Morgan fingerprint density at radius 3 is 2.88 bits per heavy atom. The van der Waals surface area contributed by atoms with E-state index in [1.54, 1.807) is 29.3 Å². The second kappa shape index (κ2) is 8.09. The number of amides is 2. The van der Waals surface area contributed by atoms with Gasteiger partial charge in [0.2, 0.25) is 5.91 Å². The van der Waals surface area contributed by atoms with E-state index in [2.05, 4.69) is 20.7 Å². The fraction of sp³-hybridized carbons (Fsp3) is 0.444. The maximum Gasteiger partial charge on any atom is 0.269 e. The van der Waals surface area contributed by atoms with Crippen LogP contribution in [0.2, 0.25) is 0 Å². The number of hydrogen-bond donors (Lipinski definition) is 3. The molecule has 8 heteroatoms. The van der Waals surface area contributed by atoms with Crippen molar-refractivity contribution in [1.29, 1.82) is 0 Å². The number of aliphatic hydroxyl groups is 1. The standard InChI is InChI=1S/C18H23N5O3/c1-2-23-15(5-7-21-23)18(26)22-14-8-13(9-16(14)24)17(25)20-11-12-4-3-6-19-10-12/h3-7,10,13-14,16,24H,2,8-9,11H2,1H3,(H,20,25)(H,22,26)/t13-,14-,16-/m0/s1. The fourth-order valence-electron chi connectivity index (χ4n) is 3.24. The van der Waals surface area contributed by atoms with Crippen molar-refractivity contribution in [1.82, 2.24) is 25.4 Å². The van der Waals surface area contributed by atoms with Gasteiger partial charge in [0.25, 0.3) is 5.91 Å². The Bertz CT molecular complexity index is 761. The van der Waals surface area contributed by atoms with Gasteiger partial charge < -0.3 is 15.7 Å². The molecule has 1 saturated carbocycles. The molecule has 0 saturated heterocycles. The molecule has 3 N–H and O–H groups in total. The van der Waals surface area contributed by atoms with Crippen LogP contribution in [0.15, 0.2) is 36.8 Å². The summed E-state index contributed by atoms with van der Waals surface area (Å²) in [7, 11) is 0. The van der Waals surface area contributed by atoms with Crippen molar-refractivity contribution in [2.75, 3.05) is 0 Å². The van der Waals surface area contributed by atoms with Crippen LogP contribution in [0.5, 0.6) is 0 Å². The van der Waals surface area contributed by atoms with Crippen LogP contribution < -0.4 is 10.6 Å². The first kappa shape index (κ1) is 18.1. The molecule has 1 fully saturated rings. The molecule has 3 rings (SSSR count). The maximum absolute atomic E-state index is 12.4. The molecule has 2 amide bonds. The van der Waals surface area contributed by atoms with Crippen molar-refractivity contribution in [3.63, 3.8) is 0 Å². The molecule has 0 unspecified atom stereocenters. The third kappa shape index (κ3) is 4.08. The number of pyridine rings is 1. The maximum atomic E-state index is 12.4. The highest BCUT2D eigenvalue weighted by Gasteiger charge is 2.38. The summed E-state index contributed by atoms with van der Waals surface area (Å²) in [6.07, 6.45) is 4.94. The summed E-state index contributed by atoms with van der Waals surface area (Å²) in [5.41, 5.74) is 1.36. The van der Waals surface area contributed by atoms with Crippen LogP contribution in [0, 0.1) is 5.92 Å². The zero-order valence-electron chi connectivity index (χ0n) is 14.6. The monoisotopic (exact) mass is 357 g/mol. The van der Waals surface area contributed by atoms with Crippen molar-refractivity contribution in [3.8, 4) is 0 Å². The van der Waals surface area contributed by atoms with Crippen LogP contribution in [-0.4, -0.2) is 43.8 Å².